The molecular formula is C15H20O3. The maximum atomic E-state index is 12.1. The van der Waals surface area contributed by atoms with E-state index in [-0.39, 0.29) is 12.6 Å². The second kappa shape index (κ2) is 5.53. The quantitative estimate of drug-likeness (QED) is 0.836. The Morgan fingerprint density at radius 2 is 2.11 bits per heavy atom. The van der Waals surface area contributed by atoms with Crippen LogP contribution < -0.4 is 0 Å². The molecule has 0 unspecified atom stereocenters. The molecule has 0 bridgehead atoms. The van der Waals surface area contributed by atoms with E-state index in [0.717, 1.165) is 18.4 Å². The summed E-state index contributed by atoms with van der Waals surface area (Å²) in [5, 5.41) is 9.99. The van der Waals surface area contributed by atoms with Gasteiger partial charge in [-0.25, -0.2) is 0 Å². The molecule has 2 atom stereocenters. The second-order valence-electron chi connectivity index (χ2n) is 5.24. The van der Waals surface area contributed by atoms with E-state index in [1.165, 1.54) is 0 Å². The smallest absolute Gasteiger partial charge is 0.314 e. The molecule has 1 fully saturated rings. The molecule has 1 saturated carbocycles. The van der Waals surface area contributed by atoms with Gasteiger partial charge >= 0.3 is 5.97 Å². The summed E-state index contributed by atoms with van der Waals surface area (Å²) in [5.41, 5.74) is 0.243. The highest BCUT2D eigenvalue weighted by Gasteiger charge is 2.43. The van der Waals surface area contributed by atoms with Gasteiger partial charge < -0.3 is 9.84 Å². The minimum absolute atomic E-state index is 0.279. The lowest BCUT2D eigenvalue weighted by Gasteiger charge is -2.35. The van der Waals surface area contributed by atoms with Gasteiger partial charge in [0.1, 0.15) is 6.61 Å². The molecule has 3 nitrogen and oxygen atoms in total. The van der Waals surface area contributed by atoms with Crippen molar-refractivity contribution in [3.05, 3.63) is 35.9 Å². The van der Waals surface area contributed by atoms with Crippen LogP contribution >= 0.6 is 0 Å². The SMILES string of the molecule is C[C@@]1(C(=O)OCc2ccccc2)CCCC[C@@H]1O. The maximum Gasteiger partial charge on any atom is 0.314 e. The molecule has 18 heavy (non-hydrogen) atoms. The predicted octanol–water partition coefficient (Wildman–Crippen LogP) is 2.67. The molecule has 98 valence electrons. The number of rotatable bonds is 3. The zero-order chi connectivity index (χ0) is 13.0. The summed E-state index contributed by atoms with van der Waals surface area (Å²) in [7, 11) is 0. The van der Waals surface area contributed by atoms with Crippen molar-refractivity contribution in [2.45, 2.75) is 45.3 Å². The van der Waals surface area contributed by atoms with E-state index in [9.17, 15) is 9.90 Å². The first-order valence-electron chi connectivity index (χ1n) is 6.52. The normalized spacial score (nSPS) is 27.8. The van der Waals surface area contributed by atoms with Gasteiger partial charge in [0.2, 0.25) is 0 Å². The summed E-state index contributed by atoms with van der Waals surface area (Å²) in [6.45, 7) is 2.09. The van der Waals surface area contributed by atoms with Crippen molar-refractivity contribution >= 4 is 5.97 Å². The zero-order valence-corrected chi connectivity index (χ0v) is 10.8. The average Bonchev–Trinajstić information content (AvgIpc) is 2.40. The predicted molar refractivity (Wildman–Crippen MR) is 68.8 cm³/mol. The number of carbonyl (C=O) groups is 1. The Bertz CT molecular complexity index is 401. The van der Waals surface area contributed by atoms with E-state index in [1.807, 2.05) is 37.3 Å². The summed E-state index contributed by atoms with van der Waals surface area (Å²) < 4.78 is 5.34. The van der Waals surface area contributed by atoms with Crippen LogP contribution in [0.4, 0.5) is 0 Å². The van der Waals surface area contributed by atoms with Gasteiger partial charge in [-0.3, -0.25) is 4.79 Å². The number of hydrogen-bond acceptors (Lipinski definition) is 3. The fraction of sp³-hybridized carbons (Fsp3) is 0.533. The molecule has 1 aliphatic rings. The van der Waals surface area contributed by atoms with Crippen LogP contribution in [0.15, 0.2) is 30.3 Å². The molecule has 1 aliphatic carbocycles. The minimum Gasteiger partial charge on any atom is -0.460 e. The summed E-state index contributed by atoms with van der Waals surface area (Å²) in [4.78, 5) is 12.1. The Morgan fingerprint density at radius 3 is 2.78 bits per heavy atom. The lowest BCUT2D eigenvalue weighted by atomic mass is 9.73. The number of hydrogen-bond donors (Lipinski definition) is 1. The van der Waals surface area contributed by atoms with Crippen LogP contribution in [0.5, 0.6) is 0 Å². The third-order valence-corrected chi connectivity index (χ3v) is 3.84. The largest absolute Gasteiger partial charge is 0.460 e. The zero-order valence-electron chi connectivity index (χ0n) is 10.8. The Balaban J connectivity index is 1.95. The maximum absolute atomic E-state index is 12.1. The van der Waals surface area contributed by atoms with Crippen molar-refractivity contribution in [2.24, 2.45) is 5.41 Å². The first kappa shape index (κ1) is 13.1. The van der Waals surface area contributed by atoms with Crippen molar-refractivity contribution < 1.29 is 14.6 Å². The molecule has 0 amide bonds. The number of aliphatic hydroxyl groups is 1. The third kappa shape index (κ3) is 2.72. The summed E-state index contributed by atoms with van der Waals surface area (Å²) in [6, 6.07) is 9.61. The van der Waals surface area contributed by atoms with Crippen molar-refractivity contribution in [1.29, 1.82) is 0 Å². The average molecular weight is 248 g/mol. The van der Waals surface area contributed by atoms with Gasteiger partial charge in [0, 0.05) is 0 Å². The fourth-order valence-corrected chi connectivity index (χ4v) is 2.44. The van der Waals surface area contributed by atoms with Gasteiger partial charge in [0.15, 0.2) is 0 Å². The van der Waals surface area contributed by atoms with Crippen LogP contribution in [0.25, 0.3) is 0 Å². The van der Waals surface area contributed by atoms with Crippen molar-refractivity contribution in [3.63, 3.8) is 0 Å². The van der Waals surface area contributed by atoms with Crippen molar-refractivity contribution in [2.75, 3.05) is 0 Å². The molecule has 0 aromatic heterocycles. The molecule has 0 heterocycles. The van der Waals surface area contributed by atoms with Crippen molar-refractivity contribution in [1.82, 2.24) is 0 Å². The van der Waals surface area contributed by atoms with Crippen LogP contribution in [0.1, 0.15) is 38.2 Å². The van der Waals surface area contributed by atoms with Gasteiger partial charge in [0.05, 0.1) is 11.5 Å². The minimum atomic E-state index is -0.729. The van der Waals surface area contributed by atoms with E-state index in [4.69, 9.17) is 4.74 Å². The third-order valence-electron chi connectivity index (χ3n) is 3.84. The highest BCUT2D eigenvalue weighted by atomic mass is 16.5. The van der Waals surface area contributed by atoms with E-state index < -0.39 is 11.5 Å². The van der Waals surface area contributed by atoms with Gasteiger partial charge in [0.25, 0.3) is 0 Å². The van der Waals surface area contributed by atoms with Crippen LogP contribution in [0.2, 0.25) is 0 Å². The van der Waals surface area contributed by atoms with Gasteiger partial charge in [-0.2, -0.15) is 0 Å². The Labute approximate surface area is 108 Å². The van der Waals surface area contributed by atoms with Gasteiger partial charge in [-0.05, 0) is 25.3 Å². The molecule has 0 radical (unpaired) electrons. The summed E-state index contributed by atoms with van der Waals surface area (Å²) in [6.07, 6.45) is 2.80. The van der Waals surface area contributed by atoms with E-state index in [1.54, 1.807) is 0 Å². The number of benzene rings is 1. The molecule has 0 aliphatic heterocycles. The molecule has 1 aromatic carbocycles. The molecule has 2 rings (SSSR count). The Morgan fingerprint density at radius 1 is 1.39 bits per heavy atom. The van der Waals surface area contributed by atoms with Crippen LogP contribution in [0.3, 0.4) is 0 Å². The van der Waals surface area contributed by atoms with E-state index in [0.29, 0.717) is 12.8 Å². The number of aliphatic hydroxyl groups excluding tert-OH is 1. The standard InChI is InChI=1S/C15H20O3/c1-15(10-6-5-9-13(15)16)14(17)18-11-12-7-3-2-4-8-12/h2-4,7-8,13,16H,5-6,9-11H2,1H3/t13-,15+/m0/s1. The number of esters is 1. The van der Waals surface area contributed by atoms with E-state index in [2.05, 4.69) is 0 Å². The van der Waals surface area contributed by atoms with Crippen LogP contribution in [0, 0.1) is 5.41 Å². The number of ether oxygens (including phenoxy) is 1. The van der Waals surface area contributed by atoms with Crippen LogP contribution in [-0.2, 0) is 16.1 Å². The second-order valence-corrected chi connectivity index (χ2v) is 5.24. The van der Waals surface area contributed by atoms with E-state index >= 15 is 0 Å². The van der Waals surface area contributed by atoms with Crippen LogP contribution in [-0.4, -0.2) is 17.2 Å². The first-order chi connectivity index (χ1) is 8.63. The molecule has 1 aromatic rings. The fourth-order valence-electron chi connectivity index (χ4n) is 2.44. The first-order valence-corrected chi connectivity index (χ1v) is 6.52. The number of carbonyl (C=O) groups excluding carboxylic acids is 1. The molecular weight excluding hydrogens is 228 g/mol. The lowest BCUT2D eigenvalue weighted by molar-refractivity contribution is -0.166. The highest BCUT2D eigenvalue weighted by Crippen LogP contribution is 2.37. The summed E-state index contributed by atoms with van der Waals surface area (Å²) in [5.74, 6) is -0.279. The topological polar surface area (TPSA) is 46.5 Å². The molecule has 1 N–H and O–H groups in total. The Hall–Kier alpha value is -1.35. The highest BCUT2D eigenvalue weighted by molar-refractivity contribution is 5.77. The van der Waals surface area contributed by atoms with Crippen molar-refractivity contribution in [3.8, 4) is 0 Å². The molecule has 3 heteroatoms. The lowest BCUT2D eigenvalue weighted by Crippen LogP contribution is -2.43. The molecule has 0 saturated heterocycles. The monoisotopic (exact) mass is 248 g/mol. The molecule has 0 spiro atoms. The summed E-state index contributed by atoms with van der Waals surface area (Å²) >= 11 is 0. The van der Waals surface area contributed by atoms with Gasteiger partial charge in [-0.15, -0.1) is 0 Å². The Kier molecular flexibility index (Phi) is 4.02. The van der Waals surface area contributed by atoms with Gasteiger partial charge in [-0.1, -0.05) is 43.2 Å².